The first kappa shape index (κ1) is 37.9. The molecule has 0 saturated carbocycles. The van der Waals surface area contributed by atoms with Crippen molar-refractivity contribution < 1.29 is 19.7 Å². The molecule has 0 atom stereocenters. The van der Waals surface area contributed by atoms with Crippen LogP contribution in [-0.2, 0) is 0 Å². The van der Waals surface area contributed by atoms with Gasteiger partial charge in [0.25, 0.3) is 0 Å². The Kier molecular flexibility index (Phi) is 12.2. The third kappa shape index (κ3) is 8.98. The zero-order valence-corrected chi connectivity index (χ0v) is 31.5. The number of allylic oxidation sites excluding steroid dienone is 8. The summed E-state index contributed by atoms with van der Waals surface area (Å²) in [6.45, 7) is 21.0. The van der Waals surface area contributed by atoms with E-state index in [-0.39, 0.29) is 16.9 Å². The Hall–Kier alpha value is -4.96. The molecule has 0 fully saturated rings. The van der Waals surface area contributed by atoms with Crippen LogP contribution in [0.5, 0.6) is 23.0 Å². The third-order valence-electron chi connectivity index (χ3n) is 8.71. The molecule has 4 heteroatoms. The molecule has 4 aromatic rings. The molecule has 0 heterocycles. The Balaban J connectivity index is 1.59. The lowest BCUT2D eigenvalue weighted by Crippen LogP contribution is -2.37. The minimum absolute atomic E-state index is 0.235. The number of aryl methyl sites for hydroxylation is 2. The van der Waals surface area contributed by atoms with E-state index in [4.69, 9.17) is 9.47 Å². The molecule has 0 spiro atoms. The first-order chi connectivity index (χ1) is 23.7. The lowest BCUT2D eigenvalue weighted by Gasteiger charge is -2.36. The second kappa shape index (κ2) is 16.2. The van der Waals surface area contributed by atoms with Gasteiger partial charge < -0.3 is 19.7 Å². The highest BCUT2D eigenvalue weighted by atomic mass is 16.5. The summed E-state index contributed by atoms with van der Waals surface area (Å²) in [5.74, 6) is 1.90. The largest absolute Gasteiger partial charge is 0.507 e. The van der Waals surface area contributed by atoms with Gasteiger partial charge in [0, 0.05) is 38.8 Å². The van der Waals surface area contributed by atoms with Gasteiger partial charge in [0.05, 0.1) is 6.61 Å². The van der Waals surface area contributed by atoms with Gasteiger partial charge in [-0.2, -0.15) is 0 Å². The molecule has 0 saturated heterocycles. The number of phenolic OH excluding ortho intramolecular Hbond substituents is 2. The van der Waals surface area contributed by atoms with Gasteiger partial charge in [0.2, 0.25) is 0 Å². The molecule has 0 aliphatic rings. The molecular weight excluding hydrogens is 617 g/mol. The Morgan fingerprint density at radius 1 is 0.620 bits per heavy atom. The number of benzene rings is 4. The summed E-state index contributed by atoms with van der Waals surface area (Å²) < 4.78 is 13.4. The molecule has 2 N–H and O–H groups in total. The molecule has 0 aromatic heterocycles. The molecule has 0 aliphatic heterocycles. The highest BCUT2D eigenvalue weighted by molar-refractivity contribution is 5.87. The van der Waals surface area contributed by atoms with Crippen LogP contribution in [-0.4, -0.2) is 22.4 Å². The van der Waals surface area contributed by atoms with Crippen molar-refractivity contribution in [2.75, 3.05) is 6.61 Å². The predicted octanol–water partition coefficient (Wildman–Crippen LogP) is 12.7. The second-order valence-corrected chi connectivity index (χ2v) is 14.4. The molecule has 50 heavy (non-hydrogen) atoms. The van der Waals surface area contributed by atoms with Crippen molar-refractivity contribution in [1.29, 1.82) is 0 Å². The number of rotatable bonds is 13. The number of hydrogen-bond donors (Lipinski definition) is 2. The topological polar surface area (TPSA) is 58.9 Å². The number of aromatic hydroxyl groups is 2. The summed E-state index contributed by atoms with van der Waals surface area (Å²) in [7, 11) is 0. The van der Waals surface area contributed by atoms with Crippen LogP contribution < -0.4 is 9.47 Å². The van der Waals surface area contributed by atoms with Gasteiger partial charge in [0.15, 0.2) is 0 Å². The first-order valence-electron chi connectivity index (χ1n) is 17.5. The molecule has 4 nitrogen and oxygen atoms in total. The Labute approximate surface area is 300 Å². The van der Waals surface area contributed by atoms with Crippen molar-refractivity contribution in [3.05, 3.63) is 132 Å². The maximum atomic E-state index is 11.5. The van der Waals surface area contributed by atoms with E-state index in [9.17, 15) is 10.2 Å². The van der Waals surface area contributed by atoms with Gasteiger partial charge in [-0.3, -0.25) is 0 Å². The van der Waals surface area contributed by atoms with Crippen molar-refractivity contribution in [3.8, 4) is 45.3 Å². The minimum Gasteiger partial charge on any atom is -0.507 e. The fourth-order valence-electron chi connectivity index (χ4n) is 6.85. The number of para-hydroxylation sites is 2. The molecule has 0 radical (unpaired) electrons. The lowest BCUT2D eigenvalue weighted by molar-refractivity contribution is 0.0368. The maximum Gasteiger partial charge on any atom is 0.131 e. The van der Waals surface area contributed by atoms with Crippen LogP contribution in [0, 0.1) is 19.3 Å². The monoisotopic (exact) mass is 670 g/mol. The van der Waals surface area contributed by atoms with Gasteiger partial charge in [-0.1, -0.05) is 86.7 Å². The third-order valence-corrected chi connectivity index (χ3v) is 8.71. The van der Waals surface area contributed by atoms with Crippen LogP contribution in [0.2, 0.25) is 0 Å². The highest BCUT2D eigenvalue weighted by Crippen LogP contribution is 2.44. The van der Waals surface area contributed by atoms with E-state index in [1.165, 1.54) is 0 Å². The van der Waals surface area contributed by atoms with Crippen molar-refractivity contribution in [1.82, 2.24) is 0 Å². The van der Waals surface area contributed by atoms with Crippen LogP contribution >= 0.6 is 0 Å². The zero-order chi connectivity index (χ0) is 36.6. The van der Waals surface area contributed by atoms with E-state index in [0.717, 1.165) is 55.7 Å². The zero-order valence-electron chi connectivity index (χ0n) is 31.5. The van der Waals surface area contributed by atoms with Crippen LogP contribution in [0.25, 0.3) is 33.4 Å². The van der Waals surface area contributed by atoms with E-state index >= 15 is 0 Å². The normalized spacial score (nSPS) is 13.0. The van der Waals surface area contributed by atoms with Gasteiger partial charge in [-0.05, 0) is 120 Å². The van der Waals surface area contributed by atoms with Crippen LogP contribution in [0.4, 0.5) is 0 Å². The molecule has 0 amide bonds. The number of ether oxygens (including phenoxy) is 2. The SMILES string of the molecule is C/C=C\C(=C/C)c1cc(C)cc(-c2ccccc2OCC(C)(C)CC(C)(C)Oc2ccccc2-c2cc(C)cc(C(/C=C\C)=C/C)c2O)c1O. The van der Waals surface area contributed by atoms with Crippen molar-refractivity contribution in [2.45, 2.75) is 81.3 Å². The average molecular weight is 671 g/mol. The van der Waals surface area contributed by atoms with Crippen molar-refractivity contribution in [2.24, 2.45) is 5.41 Å². The molecule has 262 valence electrons. The lowest BCUT2D eigenvalue weighted by atomic mass is 9.82. The van der Waals surface area contributed by atoms with E-state index in [0.29, 0.717) is 24.5 Å². The summed E-state index contributed by atoms with van der Waals surface area (Å²) in [5.41, 5.74) is 7.96. The molecule has 0 aliphatic carbocycles. The summed E-state index contributed by atoms with van der Waals surface area (Å²) in [6.07, 6.45) is 12.7. The number of hydrogen-bond acceptors (Lipinski definition) is 4. The highest BCUT2D eigenvalue weighted by Gasteiger charge is 2.32. The number of phenols is 2. The van der Waals surface area contributed by atoms with E-state index in [1.54, 1.807) is 0 Å². The van der Waals surface area contributed by atoms with Crippen LogP contribution in [0.3, 0.4) is 0 Å². The van der Waals surface area contributed by atoms with Gasteiger partial charge >= 0.3 is 0 Å². The fraction of sp³-hybridized carbons (Fsp3) is 0.304. The summed E-state index contributed by atoms with van der Waals surface area (Å²) >= 11 is 0. The van der Waals surface area contributed by atoms with Crippen molar-refractivity contribution in [3.63, 3.8) is 0 Å². The van der Waals surface area contributed by atoms with Gasteiger partial charge in [-0.25, -0.2) is 0 Å². The minimum atomic E-state index is -0.566. The molecule has 0 unspecified atom stereocenters. The van der Waals surface area contributed by atoms with E-state index in [2.05, 4.69) is 27.7 Å². The summed E-state index contributed by atoms with van der Waals surface area (Å²) in [4.78, 5) is 0. The second-order valence-electron chi connectivity index (χ2n) is 14.4. The Morgan fingerprint density at radius 2 is 1.06 bits per heavy atom. The summed E-state index contributed by atoms with van der Waals surface area (Å²) in [6, 6.07) is 23.9. The summed E-state index contributed by atoms with van der Waals surface area (Å²) in [5, 5.41) is 23.0. The predicted molar refractivity (Wildman–Crippen MR) is 212 cm³/mol. The maximum absolute atomic E-state index is 11.5. The molecule has 0 bridgehead atoms. The first-order valence-corrected chi connectivity index (χ1v) is 17.5. The Bertz CT molecular complexity index is 1930. The average Bonchev–Trinajstić information content (AvgIpc) is 3.07. The van der Waals surface area contributed by atoms with Gasteiger partial charge in [0.1, 0.15) is 28.6 Å². The Morgan fingerprint density at radius 3 is 1.52 bits per heavy atom. The van der Waals surface area contributed by atoms with Crippen LogP contribution in [0.15, 0.2) is 109 Å². The van der Waals surface area contributed by atoms with Gasteiger partial charge in [-0.15, -0.1) is 0 Å². The standard InChI is InChI=1S/C46H54O4/c1-11-19-33(13-3)37-25-31(5)27-39(43(37)47)35-21-15-17-23-41(35)49-30-45(7,8)29-46(9,10)50-42-24-18-16-22-36(42)40-28-32(6)26-38(44(40)48)34(14-4)20-12-2/h11-28,47-48H,29-30H2,1-10H3/b19-11-,20-12-,33-13+,34-14+. The fourth-order valence-corrected chi connectivity index (χ4v) is 6.85. The molecule has 4 rings (SSSR count). The quantitative estimate of drug-likeness (QED) is 0.139. The molecule has 4 aromatic carbocycles. The van der Waals surface area contributed by atoms with E-state index < -0.39 is 5.60 Å². The van der Waals surface area contributed by atoms with Crippen LogP contribution in [0.1, 0.15) is 84.1 Å². The molecular formula is C46H54O4. The van der Waals surface area contributed by atoms with Crippen molar-refractivity contribution >= 4 is 11.1 Å². The smallest absolute Gasteiger partial charge is 0.131 e. The van der Waals surface area contributed by atoms with E-state index in [1.807, 2.05) is 151 Å².